The molecule has 0 bridgehead atoms. The SMILES string of the molecule is COCCOc1cccc(CNC(=O)c2ccc3c(c2)CN(C2CCOCC2)CCCCCCCN3C(C)=O)c1. The molecule has 0 unspecified atom stereocenters. The van der Waals surface area contributed by atoms with Crippen molar-refractivity contribution in [2.24, 2.45) is 0 Å². The van der Waals surface area contributed by atoms with Gasteiger partial charge in [0.15, 0.2) is 0 Å². The molecule has 218 valence electrons. The van der Waals surface area contributed by atoms with Gasteiger partial charge in [-0.25, -0.2) is 0 Å². The number of hydrogen-bond acceptors (Lipinski definition) is 6. The number of anilines is 1. The van der Waals surface area contributed by atoms with Crippen molar-refractivity contribution in [3.05, 3.63) is 59.2 Å². The van der Waals surface area contributed by atoms with Crippen LogP contribution in [0.5, 0.6) is 5.75 Å². The van der Waals surface area contributed by atoms with E-state index in [1.54, 1.807) is 14.0 Å². The van der Waals surface area contributed by atoms with Crippen LogP contribution in [0, 0.1) is 0 Å². The molecule has 0 radical (unpaired) electrons. The highest BCUT2D eigenvalue weighted by Crippen LogP contribution is 2.28. The van der Waals surface area contributed by atoms with Gasteiger partial charge in [-0.3, -0.25) is 14.5 Å². The first-order valence-corrected chi connectivity index (χ1v) is 14.8. The molecular weight excluding hydrogens is 506 g/mol. The number of nitrogens with zero attached hydrogens (tertiary/aromatic N) is 2. The Bertz CT molecular complexity index is 1100. The lowest BCUT2D eigenvalue weighted by molar-refractivity contribution is -0.116. The van der Waals surface area contributed by atoms with Crippen molar-refractivity contribution in [1.82, 2.24) is 10.2 Å². The normalized spacial score (nSPS) is 17.8. The predicted molar refractivity (Wildman–Crippen MR) is 157 cm³/mol. The lowest BCUT2D eigenvalue weighted by atomic mass is 10.0. The summed E-state index contributed by atoms with van der Waals surface area (Å²) in [5.74, 6) is 0.661. The molecule has 2 aliphatic rings. The maximum Gasteiger partial charge on any atom is 0.251 e. The molecule has 8 nitrogen and oxygen atoms in total. The second kappa shape index (κ2) is 15.7. The van der Waals surface area contributed by atoms with Crippen LogP contribution in [-0.4, -0.2) is 69.4 Å². The zero-order valence-electron chi connectivity index (χ0n) is 24.2. The number of amides is 2. The van der Waals surface area contributed by atoms with Crippen LogP contribution in [0.1, 0.15) is 73.4 Å². The molecule has 1 fully saturated rings. The number of fused-ring (bicyclic) bond motifs is 1. The summed E-state index contributed by atoms with van der Waals surface area (Å²) in [5.41, 5.74) is 3.52. The van der Waals surface area contributed by atoms with Crippen molar-refractivity contribution >= 4 is 17.5 Å². The summed E-state index contributed by atoms with van der Waals surface area (Å²) in [4.78, 5) is 30.5. The van der Waals surface area contributed by atoms with E-state index in [2.05, 4.69) is 10.2 Å². The molecule has 1 N–H and O–H groups in total. The van der Waals surface area contributed by atoms with E-state index in [1.807, 2.05) is 47.4 Å². The van der Waals surface area contributed by atoms with Crippen molar-refractivity contribution in [3.8, 4) is 5.75 Å². The van der Waals surface area contributed by atoms with E-state index in [1.165, 1.54) is 12.8 Å². The summed E-state index contributed by atoms with van der Waals surface area (Å²) in [6.07, 6.45) is 7.70. The first kappa shape index (κ1) is 30.0. The number of benzene rings is 2. The standard InChI is InChI=1S/C32H45N3O5/c1-25(36)35-16-7-5-3-4-6-15-34(29-13-17-39-18-14-29)24-28-22-27(11-12-31(28)35)32(37)33-23-26-9-8-10-30(21-26)40-20-19-38-2/h8-12,21-22,29H,3-7,13-20,23-24H2,1-2H3,(H,33,37). The minimum Gasteiger partial charge on any atom is -0.491 e. The van der Waals surface area contributed by atoms with Gasteiger partial charge in [0.25, 0.3) is 5.91 Å². The van der Waals surface area contributed by atoms with Crippen molar-refractivity contribution in [2.45, 2.75) is 71.0 Å². The van der Waals surface area contributed by atoms with Gasteiger partial charge in [0.05, 0.1) is 6.61 Å². The number of carbonyl (C=O) groups excluding carboxylic acids is 2. The molecule has 0 saturated carbocycles. The molecule has 1 saturated heterocycles. The summed E-state index contributed by atoms with van der Waals surface area (Å²) in [7, 11) is 1.64. The number of rotatable bonds is 8. The molecule has 2 amide bonds. The summed E-state index contributed by atoms with van der Waals surface area (Å²) < 4.78 is 16.4. The Balaban J connectivity index is 1.54. The van der Waals surface area contributed by atoms with E-state index < -0.39 is 0 Å². The molecule has 2 aliphatic heterocycles. The zero-order valence-corrected chi connectivity index (χ0v) is 24.2. The third-order valence-corrected chi connectivity index (χ3v) is 7.83. The van der Waals surface area contributed by atoms with Gasteiger partial charge in [-0.05, 0) is 73.7 Å². The van der Waals surface area contributed by atoms with Crippen molar-refractivity contribution < 1.29 is 23.8 Å². The van der Waals surface area contributed by atoms with E-state index >= 15 is 0 Å². The third-order valence-electron chi connectivity index (χ3n) is 7.83. The molecule has 0 atom stereocenters. The Morgan fingerprint density at radius 3 is 2.52 bits per heavy atom. The smallest absolute Gasteiger partial charge is 0.251 e. The summed E-state index contributed by atoms with van der Waals surface area (Å²) in [6.45, 7) is 7.03. The maximum absolute atomic E-state index is 13.3. The number of hydrogen-bond donors (Lipinski definition) is 1. The van der Waals surface area contributed by atoms with Crippen molar-refractivity contribution in [3.63, 3.8) is 0 Å². The van der Waals surface area contributed by atoms with E-state index in [4.69, 9.17) is 14.2 Å². The van der Waals surface area contributed by atoms with Crippen LogP contribution in [0.3, 0.4) is 0 Å². The number of carbonyl (C=O) groups is 2. The van der Waals surface area contributed by atoms with E-state index in [0.717, 1.165) is 74.4 Å². The Hall–Kier alpha value is -2.94. The fourth-order valence-corrected chi connectivity index (χ4v) is 5.61. The summed E-state index contributed by atoms with van der Waals surface area (Å²) in [5, 5.41) is 3.06. The zero-order chi connectivity index (χ0) is 28.2. The molecule has 40 heavy (non-hydrogen) atoms. The van der Waals surface area contributed by atoms with Crippen LogP contribution in [0.25, 0.3) is 0 Å². The monoisotopic (exact) mass is 551 g/mol. The van der Waals surface area contributed by atoms with Gasteiger partial charge in [-0.15, -0.1) is 0 Å². The number of methoxy groups -OCH3 is 1. The summed E-state index contributed by atoms with van der Waals surface area (Å²) >= 11 is 0. The topological polar surface area (TPSA) is 80.3 Å². The average molecular weight is 552 g/mol. The molecule has 0 aliphatic carbocycles. The maximum atomic E-state index is 13.3. The molecule has 4 rings (SSSR count). The van der Waals surface area contributed by atoms with Crippen molar-refractivity contribution in [1.29, 1.82) is 0 Å². The molecular formula is C32H45N3O5. The Kier molecular flexibility index (Phi) is 11.8. The third kappa shape index (κ3) is 8.78. The van der Waals surface area contributed by atoms with E-state index in [-0.39, 0.29) is 11.8 Å². The van der Waals surface area contributed by atoms with Gasteiger partial charge in [0.2, 0.25) is 5.91 Å². The highest BCUT2D eigenvalue weighted by Gasteiger charge is 2.25. The van der Waals surface area contributed by atoms with Crippen LogP contribution >= 0.6 is 0 Å². The fraction of sp³-hybridized carbons (Fsp3) is 0.562. The van der Waals surface area contributed by atoms with E-state index in [9.17, 15) is 9.59 Å². The number of nitrogens with one attached hydrogen (secondary N) is 1. The molecule has 2 heterocycles. The summed E-state index contributed by atoms with van der Waals surface area (Å²) in [6, 6.07) is 14.0. The van der Waals surface area contributed by atoms with Gasteiger partial charge in [0.1, 0.15) is 12.4 Å². The van der Waals surface area contributed by atoms with Crippen LogP contribution in [0.2, 0.25) is 0 Å². The van der Waals surface area contributed by atoms with Gasteiger partial charge in [-0.2, -0.15) is 0 Å². The largest absolute Gasteiger partial charge is 0.491 e. The molecule has 2 aromatic rings. The van der Waals surface area contributed by atoms with Crippen LogP contribution in [-0.2, 0) is 27.4 Å². The second-order valence-electron chi connectivity index (χ2n) is 10.8. The predicted octanol–water partition coefficient (Wildman–Crippen LogP) is 4.94. The van der Waals surface area contributed by atoms with Gasteiger partial charge >= 0.3 is 0 Å². The quantitative estimate of drug-likeness (QED) is 0.468. The van der Waals surface area contributed by atoms with Gasteiger partial charge in [-0.1, -0.05) is 31.4 Å². The molecule has 8 heteroatoms. The van der Waals surface area contributed by atoms with Gasteiger partial charge < -0.3 is 24.4 Å². The Morgan fingerprint density at radius 1 is 0.975 bits per heavy atom. The average Bonchev–Trinajstić information content (AvgIpc) is 2.96. The molecule has 2 aromatic carbocycles. The minimum absolute atomic E-state index is 0.0423. The lowest BCUT2D eigenvalue weighted by Gasteiger charge is -2.36. The first-order valence-electron chi connectivity index (χ1n) is 14.8. The Morgan fingerprint density at radius 2 is 1.75 bits per heavy atom. The molecule has 0 aromatic heterocycles. The van der Waals surface area contributed by atoms with Crippen LogP contribution in [0.4, 0.5) is 5.69 Å². The molecule has 0 spiro atoms. The van der Waals surface area contributed by atoms with Crippen LogP contribution < -0.4 is 15.0 Å². The Labute approximate surface area is 239 Å². The lowest BCUT2D eigenvalue weighted by Crippen LogP contribution is -2.40. The second-order valence-corrected chi connectivity index (χ2v) is 10.8. The number of ether oxygens (including phenoxy) is 3. The van der Waals surface area contributed by atoms with E-state index in [0.29, 0.717) is 44.5 Å². The van der Waals surface area contributed by atoms with Crippen LogP contribution in [0.15, 0.2) is 42.5 Å². The fourth-order valence-electron chi connectivity index (χ4n) is 5.61. The highest BCUT2D eigenvalue weighted by molar-refractivity contribution is 5.97. The highest BCUT2D eigenvalue weighted by atomic mass is 16.5. The minimum atomic E-state index is -0.133. The van der Waals surface area contributed by atoms with Crippen molar-refractivity contribution in [2.75, 3.05) is 51.5 Å². The first-order chi connectivity index (χ1) is 19.5. The van der Waals surface area contributed by atoms with Gasteiger partial charge in [0, 0.05) is 64.2 Å².